The number of rotatable bonds is 4. The Balaban J connectivity index is 1.45. The fourth-order valence-electron chi connectivity index (χ4n) is 4.24. The summed E-state index contributed by atoms with van der Waals surface area (Å²) in [5.74, 6) is 0.0743. The molecule has 8 nitrogen and oxygen atoms in total. The second-order valence-electron chi connectivity index (χ2n) is 8.55. The van der Waals surface area contributed by atoms with Crippen LogP contribution in [0.25, 0.3) is 0 Å². The van der Waals surface area contributed by atoms with E-state index in [9.17, 15) is 14.4 Å². The third-order valence-electron chi connectivity index (χ3n) is 6.26. The Hall–Kier alpha value is -3.42. The van der Waals surface area contributed by atoms with Crippen LogP contribution >= 0.6 is 0 Å². The number of carbonyl (C=O) groups is 3. The predicted molar refractivity (Wildman–Crippen MR) is 118 cm³/mol. The third-order valence-corrected chi connectivity index (χ3v) is 6.26. The maximum absolute atomic E-state index is 12.9. The molecule has 0 radical (unpaired) electrons. The maximum atomic E-state index is 12.9. The molecule has 0 aliphatic carbocycles. The molecule has 32 heavy (non-hydrogen) atoms. The minimum absolute atomic E-state index is 0.0864. The van der Waals surface area contributed by atoms with Crippen LogP contribution in [0.5, 0.6) is 5.75 Å². The summed E-state index contributed by atoms with van der Waals surface area (Å²) in [5, 5.41) is 5.85. The molecule has 2 atom stereocenters. The molecule has 8 heteroatoms. The van der Waals surface area contributed by atoms with Crippen molar-refractivity contribution in [3.63, 3.8) is 0 Å². The SMILES string of the molecule is Cc1ccc2c(c1)C(=O)NC[C@@]1(CCC(=O)N([C@@H](C)C(=O)NCc3ccncc3)CC1)O2. The summed E-state index contributed by atoms with van der Waals surface area (Å²) in [5.41, 5.74) is 1.75. The summed E-state index contributed by atoms with van der Waals surface area (Å²) in [7, 11) is 0. The van der Waals surface area contributed by atoms with Gasteiger partial charge in [-0.2, -0.15) is 0 Å². The van der Waals surface area contributed by atoms with Crippen molar-refractivity contribution in [3.8, 4) is 5.75 Å². The van der Waals surface area contributed by atoms with Crippen molar-refractivity contribution in [2.75, 3.05) is 13.1 Å². The quantitative estimate of drug-likeness (QED) is 0.763. The molecule has 2 N–H and O–H groups in total. The van der Waals surface area contributed by atoms with Crippen molar-refractivity contribution in [1.82, 2.24) is 20.5 Å². The lowest BCUT2D eigenvalue weighted by atomic mass is 9.94. The van der Waals surface area contributed by atoms with Gasteiger partial charge in [0.15, 0.2) is 0 Å². The Kier molecular flexibility index (Phi) is 6.12. The molecule has 2 aliphatic rings. The van der Waals surface area contributed by atoms with Crippen molar-refractivity contribution in [2.24, 2.45) is 0 Å². The van der Waals surface area contributed by atoms with Gasteiger partial charge in [-0.1, -0.05) is 11.6 Å². The normalized spacial score (nSPS) is 21.6. The average molecular weight is 437 g/mol. The monoisotopic (exact) mass is 436 g/mol. The van der Waals surface area contributed by atoms with Crippen molar-refractivity contribution in [3.05, 3.63) is 59.4 Å². The minimum Gasteiger partial charge on any atom is -0.485 e. The van der Waals surface area contributed by atoms with Crippen LogP contribution in [0, 0.1) is 6.92 Å². The summed E-state index contributed by atoms with van der Waals surface area (Å²) < 4.78 is 6.36. The molecule has 1 aromatic carbocycles. The van der Waals surface area contributed by atoms with Gasteiger partial charge in [0, 0.05) is 38.3 Å². The van der Waals surface area contributed by atoms with E-state index >= 15 is 0 Å². The summed E-state index contributed by atoms with van der Waals surface area (Å²) >= 11 is 0. The lowest BCUT2D eigenvalue weighted by Crippen LogP contribution is -2.49. The van der Waals surface area contributed by atoms with Crippen LogP contribution in [0.15, 0.2) is 42.7 Å². The first kappa shape index (κ1) is 21.8. The number of nitrogens with zero attached hydrogens (tertiary/aromatic N) is 2. The van der Waals surface area contributed by atoms with E-state index in [4.69, 9.17) is 4.74 Å². The van der Waals surface area contributed by atoms with Crippen LogP contribution in [0.4, 0.5) is 0 Å². The highest BCUT2D eigenvalue weighted by Gasteiger charge is 2.41. The van der Waals surface area contributed by atoms with Gasteiger partial charge in [-0.05, 0) is 50.1 Å². The number of amides is 3. The molecule has 0 saturated carbocycles. The summed E-state index contributed by atoms with van der Waals surface area (Å²) in [6.07, 6.45) is 4.59. The zero-order valence-electron chi connectivity index (χ0n) is 18.4. The first-order chi connectivity index (χ1) is 15.4. The second-order valence-corrected chi connectivity index (χ2v) is 8.55. The van der Waals surface area contributed by atoms with Gasteiger partial charge in [0.1, 0.15) is 17.4 Å². The van der Waals surface area contributed by atoms with Gasteiger partial charge < -0.3 is 20.3 Å². The number of hydrogen-bond donors (Lipinski definition) is 2. The van der Waals surface area contributed by atoms with Gasteiger partial charge in [0.05, 0.1) is 12.1 Å². The summed E-state index contributed by atoms with van der Waals surface area (Å²) in [6.45, 7) is 4.75. The summed E-state index contributed by atoms with van der Waals surface area (Å²) in [6, 6.07) is 8.61. The van der Waals surface area contributed by atoms with Crippen molar-refractivity contribution in [2.45, 2.75) is 51.3 Å². The highest BCUT2D eigenvalue weighted by Crippen LogP contribution is 2.34. The molecular formula is C24H28N4O4. The molecular weight excluding hydrogens is 408 g/mol. The zero-order chi connectivity index (χ0) is 22.7. The standard InChI is InChI=1S/C24H28N4O4/c1-16-3-4-20-19(13-16)23(31)27-15-24(32-20)8-5-21(29)28(12-9-24)17(2)22(30)26-14-18-6-10-25-11-7-18/h3-4,6-7,10-11,13,17H,5,8-9,12,14-15H2,1-2H3,(H,26,30)(H,27,31)/t17-,24-/m0/s1. The number of nitrogens with one attached hydrogen (secondary N) is 2. The minimum atomic E-state index is -0.687. The molecule has 2 aromatic rings. The highest BCUT2D eigenvalue weighted by atomic mass is 16.5. The molecule has 0 unspecified atom stereocenters. The topological polar surface area (TPSA) is 101 Å². The van der Waals surface area contributed by atoms with E-state index in [1.807, 2.05) is 37.3 Å². The van der Waals surface area contributed by atoms with Crippen LogP contribution in [-0.2, 0) is 16.1 Å². The van der Waals surface area contributed by atoms with Gasteiger partial charge in [-0.3, -0.25) is 19.4 Å². The van der Waals surface area contributed by atoms with E-state index in [1.54, 1.807) is 24.2 Å². The average Bonchev–Trinajstić information content (AvgIpc) is 3.04. The molecule has 1 aromatic heterocycles. The molecule has 0 bridgehead atoms. The molecule has 1 spiro atoms. The largest absolute Gasteiger partial charge is 0.485 e. The van der Waals surface area contributed by atoms with E-state index in [-0.39, 0.29) is 24.1 Å². The Bertz CT molecular complexity index is 1030. The van der Waals surface area contributed by atoms with E-state index in [0.717, 1.165) is 11.1 Å². The van der Waals surface area contributed by atoms with Gasteiger partial charge in [-0.15, -0.1) is 0 Å². The number of benzene rings is 1. The number of carbonyl (C=O) groups excluding carboxylic acids is 3. The van der Waals surface area contributed by atoms with Crippen LogP contribution in [0.3, 0.4) is 0 Å². The van der Waals surface area contributed by atoms with Gasteiger partial charge in [-0.25, -0.2) is 0 Å². The maximum Gasteiger partial charge on any atom is 0.255 e. The third kappa shape index (κ3) is 4.59. The number of fused-ring (bicyclic) bond motifs is 1. The Morgan fingerprint density at radius 1 is 1.25 bits per heavy atom. The number of ether oxygens (including phenoxy) is 1. The number of aromatic nitrogens is 1. The molecule has 1 saturated heterocycles. The molecule has 2 aliphatic heterocycles. The van der Waals surface area contributed by atoms with E-state index < -0.39 is 11.6 Å². The Morgan fingerprint density at radius 3 is 2.81 bits per heavy atom. The van der Waals surface area contributed by atoms with Gasteiger partial charge >= 0.3 is 0 Å². The fourth-order valence-corrected chi connectivity index (χ4v) is 4.24. The number of pyridine rings is 1. The fraction of sp³-hybridized carbons (Fsp3) is 0.417. The van der Waals surface area contributed by atoms with Crippen LogP contribution in [-0.4, -0.2) is 52.3 Å². The molecule has 3 amide bonds. The van der Waals surface area contributed by atoms with E-state index in [1.165, 1.54) is 0 Å². The van der Waals surface area contributed by atoms with Gasteiger partial charge in [0.2, 0.25) is 11.8 Å². The number of likely N-dealkylation sites (tertiary alicyclic amines) is 1. The lowest BCUT2D eigenvalue weighted by molar-refractivity contribution is -0.139. The lowest BCUT2D eigenvalue weighted by Gasteiger charge is -2.32. The molecule has 168 valence electrons. The van der Waals surface area contributed by atoms with Crippen LogP contribution in [0.1, 0.15) is 47.7 Å². The molecule has 3 heterocycles. The molecule has 1 fully saturated rings. The predicted octanol–water partition coefficient (Wildman–Crippen LogP) is 1.97. The number of aryl methyl sites for hydroxylation is 1. The first-order valence-electron chi connectivity index (χ1n) is 10.9. The Labute approximate surface area is 187 Å². The number of hydrogen-bond acceptors (Lipinski definition) is 5. The van der Waals surface area contributed by atoms with E-state index in [0.29, 0.717) is 43.8 Å². The summed E-state index contributed by atoms with van der Waals surface area (Å²) in [4.78, 5) is 43.8. The van der Waals surface area contributed by atoms with Crippen molar-refractivity contribution < 1.29 is 19.1 Å². The zero-order valence-corrected chi connectivity index (χ0v) is 18.4. The smallest absolute Gasteiger partial charge is 0.255 e. The van der Waals surface area contributed by atoms with Crippen LogP contribution < -0.4 is 15.4 Å². The van der Waals surface area contributed by atoms with Crippen LogP contribution in [0.2, 0.25) is 0 Å². The van der Waals surface area contributed by atoms with E-state index in [2.05, 4.69) is 15.6 Å². The second kappa shape index (κ2) is 8.98. The molecule has 4 rings (SSSR count). The Morgan fingerprint density at radius 2 is 2.03 bits per heavy atom. The van der Waals surface area contributed by atoms with Crippen molar-refractivity contribution >= 4 is 17.7 Å². The van der Waals surface area contributed by atoms with Crippen molar-refractivity contribution in [1.29, 1.82) is 0 Å². The first-order valence-corrected chi connectivity index (χ1v) is 10.9. The van der Waals surface area contributed by atoms with Gasteiger partial charge in [0.25, 0.3) is 5.91 Å². The highest BCUT2D eigenvalue weighted by molar-refractivity contribution is 5.97.